The highest BCUT2D eigenvalue weighted by Gasteiger charge is 2.34. The fraction of sp³-hybridized carbons (Fsp3) is 0.294. The first kappa shape index (κ1) is 19.5. The van der Waals surface area contributed by atoms with Crippen LogP contribution >= 0.6 is 27.3 Å². The maximum absolute atomic E-state index is 12.7. The molecule has 0 radical (unpaired) electrons. The summed E-state index contributed by atoms with van der Waals surface area (Å²) in [5, 5.41) is 16.5. The maximum atomic E-state index is 12.7. The summed E-state index contributed by atoms with van der Waals surface area (Å²) in [6.45, 7) is 6.13. The summed E-state index contributed by atoms with van der Waals surface area (Å²) in [7, 11) is 0. The molecule has 150 valence electrons. The van der Waals surface area contributed by atoms with Crippen LogP contribution in [0, 0.1) is 10.1 Å². The quantitative estimate of drug-likeness (QED) is 0.408. The molecule has 1 amide bonds. The number of hydrogen-bond donors (Lipinski definition) is 0. The molecule has 12 heteroatoms. The second kappa shape index (κ2) is 6.88. The molecule has 1 aromatic carbocycles. The molecule has 0 saturated carbocycles. The van der Waals surface area contributed by atoms with Gasteiger partial charge >= 0.3 is 6.09 Å². The third kappa shape index (κ3) is 3.49. The van der Waals surface area contributed by atoms with Gasteiger partial charge in [-0.3, -0.25) is 10.1 Å². The Labute approximate surface area is 177 Å². The molecule has 0 saturated heterocycles. The monoisotopic (exact) mass is 478 g/mol. The number of hydrogen-bond acceptors (Lipinski definition) is 8. The minimum Gasteiger partial charge on any atom is -0.408 e. The molecule has 0 N–H and O–H groups in total. The van der Waals surface area contributed by atoms with E-state index in [4.69, 9.17) is 4.74 Å². The standard InChI is InChI=1S/C17H15BrN6O4S/c1-17(2,3)13-14(23-8-19-7-20-23)29-15(21-13)22-6-9-4-10(24(26)27)5-11(18)12(9)28-16(22)25/h4-5,7-8H,6H2,1-3H3. The molecule has 10 nitrogen and oxygen atoms in total. The molecule has 0 unspecified atom stereocenters. The lowest BCUT2D eigenvalue weighted by Gasteiger charge is -2.26. The Morgan fingerprint density at radius 1 is 1.34 bits per heavy atom. The number of thiazole rings is 1. The number of fused-ring (bicyclic) bond motifs is 1. The van der Waals surface area contributed by atoms with E-state index in [1.807, 2.05) is 20.8 Å². The molecule has 1 aliphatic rings. The Hall–Kier alpha value is -2.86. The third-order valence-electron chi connectivity index (χ3n) is 4.22. The van der Waals surface area contributed by atoms with Crippen molar-refractivity contribution in [2.75, 3.05) is 4.90 Å². The van der Waals surface area contributed by atoms with Crippen LogP contribution in [0.5, 0.6) is 5.75 Å². The molecule has 0 spiro atoms. The fourth-order valence-corrected chi connectivity index (χ4v) is 4.63. The minimum absolute atomic E-state index is 0.0913. The van der Waals surface area contributed by atoms with Crippen LogP contribution in [0.25, 0.3) is 5.00 Å². The lowest BCUT2D eigenvalue weighted by atomic mass is 9.92. The molecule has 0 bridgehead atoms. The van der Waals surface area contributed by atoms with Gasteiger partial charge in [0, 0.05) is 23.1 Å². The van der Waals surface area contributed by atoms with E-state index in [2.05, 4.69) is 31.0 Å². The Bertz CT molecular complexity index is 1120. The average molecular weight is 479 g/mol. The van der Waals surface area contributed by atoms with Crippen LogP contribution in [0.1, 0.15) is 32.0 Å². The van der Waals surface area contributed by atoms with Crippen molar-refractivity contribution in [2.45, 2.75) is 32.7 Å². The van der Waals surface area contributed by atoms with Crippen LogP contribution in [0.15, 0.2) is 29.3 Å². The number of nitro benzene ring substituents is 1. The van der Waals surface area contributed by atoms with Crippen molar-refractivity contribution in [3.63, 3.8) is 0 Å². The zero-order chi connectivity index (χ0) is 20.9. The van der Waals surface area contributed by atoms with Crippen LogP contribution in [0.4, 0.5) is 15.6 Å². The third-order valence-corrected chi connectivity index (χ3v) is 5.88. The van der Waals surface area contributed by atoms with Gasteiger partial charge in [0.2, 0.25) is 0 Å². The maximum Gasteiger partial charge on any atom is 0.421 e. The number of benzene rings is 1. The highest BCUT2D eigenvalue weighted by atomic mass is 79.9. The van der Waals surface area contributed by atoms with Gasteiger partial charge in [-0.2, -0.15) is 5.10 Å². The summed E-state index contributed by atoms with van der Waals surface area (Å²) in [4.78, 5) is 33.4. The van der Waals surface area contributed by atoms with Gasteiger partial charge in [0.15, 0.2) is 10.9 Å². The minimum atomic E-state index is -0.605. The van der Waals surface area contributed by atoms with Crippen molar-refractivity contribution < 1.29 is 14.5 Å². The number of nitrogens with zero attached hydrogens (tertiary/aromatic N) is 6. The van der Waals surface area contributed by atoms with Gasteiger partial charge in [0.25, 0.3) is 5.69 Å². The van der Waals surface area contributed by atoms with E-state index in [0.29, 0.717) is 15.2 Å². The van der Waals surface area contributed by atoms with E-state index in [0.717, 1.165) is 10.7 Å². The van der Waals surface area contributed by atoms with Gasteiger partial charge in [-0.1, -0.05) is 32.1 Å². The second-order valence-corrected chi connectivity index (χ2v) is 9.18. The van der Waals surface area contributed by atoms with Crippen molar-refractivity contribution >= 4 is 44.2 Å². The molecule has 29 heavy (non-hydrogen) atoms. The van der Waals surface area contributed by atoms with Crippen LogP contribution in [-0.2, 0) is 12.0 Å². The van der Waals surface area contributed by atoms with Crippen molar-refractivity contribution in [3.05, 3.63) is 50.6 Å². The molecule has 1 aliphatic heterocycles. The summed E-state index contributed by atoms with van der Waals surface area (Å²) in [5.74, 6) is 0.279. The van der Waals surface area contributed by atoms with Gasteiger partial charge in [-0.05, 0) is 15.9 Å². The molecular weight excluding hydrogens is 464 g/mol. The molecular formula is C17H15BrN6O4S. The number of halogens is 1. The second-order valence-electron chi connectivity index (χ2n) is 7.37. The van der Waals surface area contributed by atoms with Crippen LogP contribution in [0.3, 0.4) is 0 Å². The number of anilines is 1. The predicted molar refractivity (Wildman–Crippen MR) is 109 cm³/mol. The Balaban J connectivity index is 1.78. The number of rotatable bonds is 3. The fourth-order valence-electron chi connectivity index (χ4n) is 2.87. The summed E-state index contributed by atoms with van der Waals surface area (Å²) < 4.78 is 7.40. The van der Waals surface area contributed by atoms with E-state index in [1.54, 1.807) is 11.0 Å². The molecule has 0 atom stereocenters. The molecule has 0 fully saturated rings. The van der Waals surface area contributed by atoms with Crippen LogP contribution in [0.2, 0.25) is 0 Å². The number of ether oxygens (including phenoxy) is 1. The van der Waals surface area contributed by atoms with Gasteiger partial charge in [0.05, 0.1) is 21.6 Å². The molecule has 2 aromatic heterocycles. The first-order valence-electron chi connectivity index (χ1n) is 8.47. The van der Waals surface area contributed by atoms with Crippen molar-refractivity contribution in [1.82, 2.24) is 19.7 Å². The Kier molecular flexibility index (Phi) is 4.62. The van der Waals surface area contributed by atoms with Crippen molar-refractivity contribution in [2.24, 2.45) is 0 Å². The van der Waals surface area contributed by atoms with Crippen LogP contribution < -0.4 is 9.64 Å². The van der Waals surface area contributed by atoms with Crippen molar-refractivity contribution in [3.8, 4) is 10.8 Å². The highest BCUT2D eigenvalue weighted by Crippen LogP contribution is 2.41. The zero-order valence-electron chi connectivity index (χ0n) is 15.6. The van der Waals surface area contributed by atoms with E-state index in [9.17, 15) is 14.9 Å². The number of non-ortho nitro benzene ring substituents is 1. The van der Waals surface area contributed by atoms with Gasteiger partial charge in [-0.15, -0.1) is 0 Å². The zero-order valence-corrected chi connectivity index (χ0v) is 18.0. The predicted octanol–water partition coefficient (Wildman–Crippen LogP) is 4.21. The first-order valence-corrected chi connectivity index (χ1v) is 10.1. The topological polar surface area (TPSA) is 116 Å². The molecule has 3 heterocycles. The van der Waals surface area contributed by atoms with Crippen LogP contribution in [-0.4, -0.2) is 30.8 Å². The number of nitro groups is 1. The van der Waals surface area contributed by atoms with Gasteiger partial charge < -0.3 is 4.74 Å². The lowest BCUT2D eigenvalue weighted by molar-refractivity contribution is -0.385. The van der Waals surface area contributed by atoms with E-state index < -0.39 is 11.0 Å². The lowest BCUT2D eigenvalue weighted by Crippen LogP contribution is -2.37. The van der Waals surface area contributed by atoms with E-state index >= 15 is 0 Å². The Morgan fingerprint density at radius 3 is 2.72 bits per heavy atom. The average Bonchev–Trinajstić information content (AvgIpc) is 3.30. The number of carbonyl (C=O) groups is 1. The largest absolute Gasteiger partial charge is 0.421 e. The van der Waals surface area contributed by atoms with E-state index in [1.165, 1.54) is 34.7 Å². The SMILES string of the molecule is CC(C)(C)c1nc(N2Cc3cc([N+](=O)[O-])cc(Br)c3OC2=O)sc1-n1cncn1. The number of aromatic nitrogens is 4. The smallest absolute Gasteiger partial charge is 0.408 e. The normalized spacial score (nSPS) is 13.9. The summed E-state index contributed by atoms with van der Waals surface area (Å²) in [6, 6.07) is 2.71. The summed E-state index contributed by atoms with van der Waals surface area (Å²) in [5.41, 5.74) is 0.865. The van der Waals surface area contributed by atoms with Crippen molar-refractivity contribution in [1.29, 1.82) is 0 Å². The molecule has 3 aromatic rings. The first-order chi connectivity index (χ1) is 13.6. The molecule has 4 rings (SSSR count). The Morgan fingerprint density at radius 2 is 2.10 bits per heavy atom. The van der Waals surface area contributed by atoms with Gasteiger partial charge in [0.1, 0.15) is 17.7 Å². The number of carbonyl (C=O) groups excluding carboxylic acids is 1. The summed E-state index contributed by atoms with van der Waals surface area (Å²) >= 11 is 4.51. The van der Waals surface area contributed by atoms with E-state index in [-0.39, 0.29) is 23.4 Å². The van der Waals surface area contributed by atoms with Gasteiger partial charge in [-0.25, -0.2) is 24.3 Å². The number of amides is 1. The summed E-state index contributed by atoms with van der Waals surface area (Å²) in [6.07, 6.45) is 2.39. The highest BCUT2D eigenvalue weighted by molar-refractivity contribution is 9.10. The molecule has 0 aliphatic carbocycles.